The van der Waals surface area contributed by atoms with Gasteiger partial charge in [-0.15, -0.1) is 0 Å². The fourth-order valence-electron chi connectivity index (χ4n) is 3.13. The summed E-state index contributed by atoms with van der Waals surface area (Å²) >= 11 is 0. The summed E-state index contributed by atoms with van der Waals surface area (Å²) in [5, 5.41) is 0. The van der Waals surface area contributed by atoms with Crippen molar-refractivity contribution in [1.82, 2.24) is 0 Å². The van der Waals surface area contributed by atoms with Crippen molar-refractivity contribution >= 4 is 0 Å². The highest BCUT2D eigenvalue weighted by Gasteiger charge is 2.29. The summed E-state index contributed by atoms with van der Waals surface area (Å²) in [7, 11) is 0. The highest BCUT2D eigenvalue weighted by Crippen LogP contribution is 2.43. The Morgan fingerprint density at radius 1 is 1.20 bits per heavy atom. The van der Waals surface area contributed by atoms with Gasteiger partial charge < -0.3 is 0 Å². The van der Waals surface area contributed by atoms with Crippen molar-refractivity contribution in [3.63, 3.8) is 0 Å². The van der Waals surface area contributed by atoms with Crippen LogP contribution in [0.25, 0.3) is 0 Å². The van der Waals surface area contributed by atoms with Crippen LogP contribution in [0.2, 0.25) is 0 Å². The van der Waals surface area contributed by atoms with E-state index in [9.17, 15) is 0 Å². The summed E-state index contributed by atoms with van der Waals surface area (Å²) in [6, 6.07) is 0. The molecule has 0 heterocycles. The molecule has 2 rings (SSSR count). The average molecular weight is 204 g/mol. The number of hydrogen-bond donors (Lipinski definition) is 0. The summed E-state index contributed by atoms with van der Waals surface area (Å²) < 4.78 is 0. The van der Waals surface area contributed by atoms with Gasteiger partial charge in [0.15, 0.2) is 0 Å². The summed E-state index contributed by atoms with van der Waals surface area (Å²) in [6.07, 6.45) is 8.00. The Balaban J connectivity index is 2.32. The first kappa shape index (κ1) is 11.0. The molecule has 0 bridgehead atoms. The Bertz CT molecular complexity index is 304. The van der Waals surface area contributed by atoms with Crippen molar-refractivity contribution in [3.05, 3.63) is 22.8 Å². The normalized spacial score (nSPS) is 31.7. The van der Waals surface area contributed by atoms with Crippen LogP contribution in [0.15, 0.2) is 22.8 Å². The zero-order valence-electron chi connectivity index (χ0n) is 10.6. The zero-order chi connectivity index (χ0) is 11.0. The van der Waals surface area contributed by atoms with Crippen LogP contribution in [0, 0.1) is 17.8 Å². The minimum atomic E-state index is 0.739. The summed E-state index contributed by atoms with van der Waals surface area (Å²) in [4.78, 5) is 0. The van der Waals surface area contributed by atoms with Gasteiger partial charge in [-0.1, -0.05) is 38.0 Å². The van der Waals surface area contributed by atoms with Gasteiger partial charge in [0, 0.05) is 0 Å². The van der Waals surface area contributed by atoms with E-state index in [2.05, 4.69) is 33.8 Å². The van der Waals surface area contributed by atoms with E-state index in [1.165, 1.54) is 25.7 Å². The third kappa shape index (κ3) is 2.04. The molecular formula is C15H24. The fourth-order valence-corrected chi connectivity index (χ4v) is 3.13. The quantitative estimate of drug-likeness (QED) is 0.579. The molecule has 0 heteroatoms. The van der Waals surface area contributed by atoms with Crippen LogP contribution >= 0.6 is 0 Å². The topological polar surface area (TPSA) is 0 Å². The second kappa shape index (κ2) is 4.15. The van der Waals surface area contributed by atoms with Crippen LogP contribution in [-0.4, -0.2) is 0 Å². The molecule has 1 unspecified atom stereocenters. The van der Waals surface area contributed by atoms with Crippen LogP contribution in [0.1, 0.15) is 53.4 Å². The Kier molecular flexibility index (Phi) is 3.04. The minimum absolute atomic E-state index is 0.739. The van der Waals surface area contributed by atoms with Gasteiger partial charge in [-0.25, -0.2) is 0 Å². The van der Waals surface area contributed by atoms with E-state index >= 15 is 0 Å². The lowest BCUT2D eigenvalue weighted by Gasteiger charge is -2.36. The van der Waals surface area contributed by atoms with Crippen molar-refractivity contribution in [2.75, 3.05) is 0 Å². The van der Waals surface area contributed by atoms with E-state index in [1.54, 1.807) is 16.7 Å². The van der Waals surface area contributed by atoms with Crippen LogP contribution in [0.3, 0.4) is 0 Å². The SMILES string of the molecule is CC1=C2C=C(C(C)C)CCC2[C@H](C)CC1. The molecule has 0 aromatic rings. The predicted molar refractivity (Wildman–Crippen MR) is 66.7 cm³/mol. The molecule has 0 saturated heterocycles. The van der Waals surface area contributed by atoms with Crippen molar-refractivity contribution in [3.8, 4) is 0 Å². The molecule has 0 radical (unpaired) electrons. The molecule has 2 atom stereocenters. The van der Waals surface area contributed by atoms with Crippen molar-refractivity contribution in [2.45, 2.75) is 53.4 Å². The average Bonchev–Trinajstić information content (AvgIpc) is 2.23. The fraction of sp³-hybridized carbons (Fsp3) is 0.733. The molecule has 2 aliphatic rings. The van der Waals surface area contributed by atoms with E-state index in [0.29, 0.717) is 0 Å². The number of hydrogen-bond acceptors (Lipinski definition) is 0. The van der Waals surface area contributed by atoms with Crippen molar-refractivity contribution in [2.24, 2.45) is 17.8 Å². The van der Waals surface area contributed by atoms with Crippen molar-refractivity contribution in [1.29, 1.82) is 0 Å². The Labute approximate surface area is 94.5 Å². The van der Waals surface area contributed by atoms with Gasteiger partial charge in [-0.2, -0.15) is 0 Å². The molecule has 15 heavy (non-hydrogen) atoms. The van der Waals surface area contributed by atoms with E-state index in [0.717, 1.165) is 17.8 Å². The summed E-state index contributed by atoms with van der Waals surface area (Å²) in [6.45, 7) is 9.43. The maximum Gasteiger partial charge on any atom is -0.0134 e. The molecule has 0 fully saturated rings. The van der Waals surface area contributed by atoms with Crippen LogP contribution < -0.4 is 0 Å². The monoisotopic (exact) mass is 204 g/mol. The van der Waals surface area contributed by atoms with Gasteiger partial charge in [-0.3, -0.25) is 0 Å². The molecule has 0 aliphatic heterocycles. The highest BCUT2D eigenvalue weighted by atomic mass is 14.3. The molecule has 0 amide bonds. The third-order valence-electron chi connectivity index (χ3n) is 4.38. The number of rotatable bonds is 1. The first-order valence-corrected chi connectivity index (χ1v) is 6.49. The molecule has 0 aromatic heterocycles. The molecule has 0 N–H and O–H groups in total. The zero-order valence-corrected chi connectivity index (χ0v) is 10.6. The molecule has 0 nitrogen and oxygen atoms in total. The lowest BCUT2D eigenvalue weighted by atomic mass is 9.69. The van der Waals surface area contributed by atoms with Crippen LogP contribution in [0.4, 0.5) is 0 Å². The van der Waals surface area contributed by atoms with E-state index in [1.807, 2.05) is 0 Å². The maximum absolute atomic E-state index is 2.53. The second-order valence-electron chi connectivity index (χ2n) is 5.77. The molecular weight excluding hydrogens is 180 g/mol. The molecule has 84 valence electrons. The maximum atomic E-state index is 2.53. The van der Waals surface area contributed by atoms with Gasteiger partial charge in [-0.05, 0) is 55.9 Å². The smallest absolute Gasteiger partial charge is 0.0134 e. The standard InChI is InChI=1S/C15H24/c1-10(2)13-7-8-14-11(3)5-6-12(4)15(14)9-13/h9-11,14H,5-8H2,1-4H3/t11-,14?/m1/s1. The second-order valence-corrected chi connectivity index (χ2v) is 5.77. The van der Waals surface area contributed by atoms with E-state index in [-0.39, 0.29) is 0 Å². The highest BCUT2D eigenvalue weighted by molar-refractivity contribution is 5.36. The predicted octanol–water partition coefficient (Wildman–Crippen LogP) is 4.73. The molecule has 2 aliphatic carbocycles. The number of fused-ring (bicyclic) bond motifs is 1. The third-order valence-corrected chi connectivity index (χ3v) is 4.38. The lowest BCUT2D eigenvalue weighted by molar-refractivity contribution is 0.334. The number of allylic oxidation sites excluding steroid dienone is 4. The van der Waals surface area contributed by atoms with E-state index in [4.69, 9.17) is 0 Å². The minimum Gasteiger partial charge on any atom is -0.0698 e. The Morgan fingerprint density at radius 2 is 1.93 bits per heavy atom. The largest absolute Gasteiger partial charge is 0.0698 e. The van der Waals surface area contributed by atoms with Gasteiger partial charge in [0.1, 0.15) is 0 Å². The Hall–Kier alpha value is -0.520. The van der Waals surface area contributed by atoms with Crippen LogP contribution in [-0.2, 0) is 0 Å². The molecule has 0 spiro atoms. The first-order valence-electron chi connectivity index (χ1n) is 6.49. The van der Waals surface area contributed by atoms with Crippen LogP contribution in [0.5, 0.6) is 0 Å². The summed E-state index contributed by atoms with van der Waals surface area (Å²) in [5.41, 5.74) is 5.04. The first-order chi connectivity index (χ1) is 7.09. The van der Waals surface area contributed by atoms with E-state index < -0.39 is 0 Å². The molecule has 0 saturated carbocycles. The Morgan fingerprint density at radius 3 is 2.60 bits per heavy atom. The molecule has 0 aromatic carbocycles. The van der Waals surface area contributed by atoms with Gasteiger partial charge >= 0.3 is 0 Å². The lowest BCUT2D eigenvalue weighted by Crippen LogP contribution is -2.23. The van der Waals surface area contributed by atoms with Gasteiger partial charge in [0.25, 0.3) is 0 Å². The van der Waals surface area contributed by atoms with Gasteiger partial charge in [0.2, 0.25) is 0 Å². The van der Waals surface area contributed by atoms with Crippen molar-refractivity contribution < 1.29 is 0 Å². The summed E-state index contributed by atoms with van der Waals surface area (Å²) in [5.74, 6) is 2.53. The van der Waals surface area contributed by atoms with Gasteiger partial charge in [0.05, 0.1) is 0 Å².